The van der Waals surface area contributed by atoms with Crippen molar-refractivity contribution in [3.8, 4) is 0 Å². The van der Waals surface area contributed by atoms with Gasteiger partial charge in [-0.2, -0.15) is 0 Å². The third kappa shape index (κ3) is 6.78. The SMILES string of the molecule is COCCNC(=O)C[C@H]1CC[C@H]2[C@@H](COC[C@@H](O)CN2C(=O)c2cc(Cl)cc(Cl)c2)O1. The molecule has 31 heavy (non-hydrogen) atoms. The van der Waals surface area contributed by atoms with Crippen molar-refractivity contribution in [2.45, 2.75) is 43.6 Å². The number of nitrogens with one attached hydrogen (secondary N) is 1. The van der Waals surface area contributed by atoms with Crippen LogP contribution in [0.4, 0.5) is 0 Å². The number of fused-ring (bicyclic) bond motifs is 1. The molecule has 2 aliphatic heterocycles. The van der Waals surface area contributed by atoms with Crippen LogP contribution in [0.3, 0.4) is 0 Å². The fraction of sp³-hybridized carbons (Fsp3) is 0.619. The molecule has 172 valence electrons. The Balaban J connectivity index is 1.71. The first-order valence-corrected chi connectivity index (χ1v) is 11.1. The van der Waals surface area contributed by atoms with Crippen molar-refractivity contribution in [3.05, 3.63) is 33.8 Å². The lowest BCUT2D eigenvalue weighted by molar-refractivity contribution is -0.151. The first-order valence-electron chi connectivity index (χ1n) is 10.3. The van der Waals surface area contributed by atoms with Gasteiger partial charge in [-0.05, 0) is 31.0 Å². The van der Waals surface area contributed by atoms with Gasteiger partial charge in [-0.3, -0.25) is 9.59 Å². The minimum Gasteiger partial charge on any atom is -0.389 e. The predicted octanol–water partition coefficient (Wildman–Crippen LogP) is 1.90. The zero-order valence-electron chi connectivity index (χ0n) is 17.4. The molecule has 2 N–H and O–H groups in total. The minimum absolute atomic E-state index is 0.0921. The molecule has 2 fully saturated rings. The second kappa shape index (κ2) is 11.4. The van der Waals surface area contributed by atoms with E-state index in [1.54, 1.807) is 30.2 Å². The second-order valence-electron chi connectivity index (χ2n) is 7.80. The Morgan fingerprint density at radius 3 is 2.68 bits per heavy atom. The molecule has 3 rings (SSSR count). The highest BCUT2D eigenvalue weighted by molar-refractivity contribution is 6.35. The van der Waals surface area contributed by atoms with Crippen LogP contribution in [-0.2, 0) is 19.0 Å². The summed E-state index contributed by atoms with van der Waals surface area (Å²) in [6.45, 7) is 1.32. The predicted molar refractivity (Wildman–Crippen MR) is 116 cm³/mol. The molecule has 2 amide bonds. The Morgan fingerprint density at radius 2 is 1.97 bits per heavy atom. The molecule has 8 nitrogen and oxygen atoms in total. The van der Waals surface area contributed by atoms with Crippen LogP contribution in [0.2, 0.25) is 10.0 Å². The summed E-state index contributed by atoms with van der Waals surface area (Å²) >= 11 is 12.2. The van der Waals surface area contributed by atoms with E-state index >= 15 is 0 Å². The number of β-amino-alcohol motifs (C(OH)–C–C–N with tert-alkyl or cyclic N) is 1. The Labute approximate surface area is 191 Å². The minimum atomic E-state index is -0.816. The van der Waals surface area contributed by atoms with Crippen molar-refractivity contribution in [1.82, 2.24) is 10.2 Å². The van der Waals surface area contributed by atoms with Crippen molar-refractivity contribution < 1.29 is 28.9 Å². The lowest BCUT2D eigenvalue weighted by Gasteiger charge is -2.44. The first-order chi connectivity index (χ1) is 14.9. The van der Waals surface area contributed by atoms with E-state index in [4.69, 9.17) is 37.4 Å². The maximum Gasteiger partial charge on any atom is 0.254 e. The van der Waals surface area contributed by atoms with Crippen molar-refractivity contribution in [3.63, 3.8) is 0 Å². The maximum absolute atomic E-state index is 13.3. The van der Waals surface area contributed by atoms with Crippen LogP contribution in [0.1, 0.15) is 29.6 Å². The van der Waals surface area contributed by atoms with Crippen molar-refractivity contribution >= 4 is 35.0 Å². The van der Waals surface area contributed by atoms with E-state index in [0.717, 1.165) is 0 Å². The highest BCUT2D eigenvalue weighted by atomic mass is 35.5. The number of ether oxygens (including phenoxy) is 3. The topological polar surface area (TPSA) is 97.3 Å². The van der Waals surface area contributed by atoms with Crippen LogP contribution in [-0.4, -0.2) is 86.2 Å². The molecule has 0 radical (unpaired) electrons. The van der Waals surface area contributed by atoms with Crippen molar-refractivity contribution in [1.29, 1.82) is 0 Å². The molecular formula is C21H28Cl2N2O6. The fourth-order valence-electron chi connectivity index (χ4n) is 3.99. The van der Waals surface area contributed by atoms with E-state index in [9.17, 15) is 14.7 Å². The van der Waals surface area contributed by atoms with Crippen LogP contribution in [0.15, 0.2) is 18.2 Å². The van der Waals surface area contributed by atoms with E-state index < -0.39 is 12.2 Å². The van der Waals surface area contributed by atoms with Gasteiger partial charge in [-0.15, -0.1) is 0 Å². The van der Waals surface area contributed by atoms with E-state index in [1.807, 2.05) is 0 Å². The molecule has 1 aromatic carbocycles. The van der Waals surface area contributed by atoms with E-state index in [-0.39, 0.29) is 50.1 Å². The summed E-state index contributed by atoms with van der Waals surface area (Å²) in [6, 6.07) is 4.38. The number of halogens is 2. The molecule has 10 heteroatoms. The highest BCUT2D eigenvalue weighted by Crippen LogP contribution is 2.29. The molecular weight excluding hydrogens is 447 g/mol. The standard InChI is InChI=1S/C21H28Cl2N2O6/c1-29-5-4-24-20(27)9-17-2-3-18-19(31-17)12-30-11-16(26)10-25(18)21(28)13-6-14(22)8-15(23)7-13/h6-8,16-19,26H,2-5,9-12H2,1H3,(H,24,27)/t16-,17+,18-,19+/m0/s1. The molecule has 4 atom stereocenters. The number of aliphatic hydroxyl groups excluding tert-OH is 1. The number of hydrogen-bond donors (Lipinski definition) is 2. The molecule has 0 aliphatic carbocycles. The van der Waals surface area contributed by atoms with Gasteiger partial charge >= 0.3 is 0 Å². The van der Waals surface area contributed by atoms with Crippen LogP contribution in [0, 0.1) is 0 Å². The van der Waals surface area contributed by atoms with E-state index in [1.165, 1.54) is 0 Å². The number of hydrogen-bond acceptors (Lipinski definition) is 6. The summed E-state index contributed by atoms with van der Waals surface area (Å²) in [5.74, 6) is -0.385. The van der Waals surface area contributed by atoms with Gasteiger partial charge in [0.15, 0.2) is 0 Å². The van der Waals surface area contributed by atoms with Gasteiger partial charge in [0.2, 0.25) is 5.91 Å². The van der Waals surface area contributed by atoms with Crippen LogP contribution in [0.5, 0.6) is 0 Å². The van der Waals surface area contributed by atoms with Gasteiger partial charge < -0.3 is 29.5 Å². The Bertz CT molecular complexity index is 760. The van der Waals surface area contributed by atoms with Crippen molar-refractivity contribution in [2.75, 3.05) is 40.0 Å². The molecule has 2 saturated heterocycles. The van der Waals surface area contributed by atoms with E-state index in [0.29, 0.717) is 41.6 Å². The van der Waals surface area contributed by atoms with Gasteiger partial charge in [0.25, 0.3) is 5.91 Å². The van der Waals surface area contributed by atoms with E-state index in [2.05, 4.69) is 5.32 Å². The number of carbonyl (C=O) groups excluding carboxylic acids is 2. The lowest BCUT2D eigenvalue weighted by atomic mass is 9.94. The molecule has 2 heterocycles. The summed E-state index contributed by atoms with van der Waals surface area (Å²) in [6.07, 6.45) is -0.0334. The molecule has 0 bridgehead atoms. The van der Waals surface area contributed by atoms with Gasteiger partial charge in [-0.25, -0.2) is 0 Å². The Kier molecular flexibility index (Phi) is 8.95. The smallest absolute Gasteiger partial charge is 0.254 e. The number of amides is 2. The second-order valence-corrected chi connectivity index (χ2v) is 8.67. The highest BCUT2D eigenvalue weighted by Gasteiger charge is 2.40. The van der Waals surface area contributed by atoms with Crippen LogP contribution in [0.25, 0.3) is 0 Å². The van der Waals surface area contributed by atoms with Crippen molar-refractivity contribution in [2.24, 2.45) is 0 Å². The fourth-order valence-corrected chi connectivity index (χ4v) is 4.52. The van der Waals surface area contributed by atoms with Gasteiger partial charge in [-0.1, -0.05) is 23.2 Å². The maximum atomic E-state index is 13.3. The number of benzene rings is 1. The molecule has 1 aromatic rings. The third-order valence-electron chi connectivity index (χ3n) is 5.39. The van der Waals surface area contributed by atoms with Crippen LogP contribution < -0.4 is 5.32 Å². The third-order valence-corrected chi connectivity index (χ3v) is 5.83. The lowest BCUT2D eigenvalue weighted by Crippen LogP contribution is -2.57. The molecule has 0 spiro atoms. The molecule has 0 aromatic heterocycles. The largest absolute Gasteiger partial charge is 0.389 e. The Morgan fingerprint density at radius 1 is 1.23 bits per heavy atom. The quantitative estimate of drug-likeness (QED) is 0.611. The monoisotopic (exact) mass is 474 g/mol. The number of nitrogens with zero attached hydrogens (tertiary/aromatic N) is 1. The number of methoxy groups -OCH3 is 1. The summed E-state index contributed by atoms with van der Waals surface area (Å²) < 4.78 is 16.7. The molecule has 0 unspecified atom stereocenters. The zero-order chi connectivity index (χ0) is 22.4. The van der Waals surface area contributed by atoms with Gasteiger partial charge in [0, 0.05) is 35.8 Å². The van der Waals surface area contributed by atoms with Gasteiger partial charge in [0.05, 0.1) is 44.5 Å². The summed E-state index contributed by atoms with van der Waals surface area (Å²) in [5.41, 5.74) is 0.351. The number of aliphatic hydroxyl groups is 1. The first kappa shape index (κ1) is 24.2. The summed E-state index contributed by atoms with van der Waals surface area (Å²) in [5, 5.41) is 13.8. The average molecular weight is 475 g/mol. The Hall–Kier alpha value is -1.42. The summed E-state index contributed by atoms with van der Waals surface area (Å²) in [7, 11) is 1.58. The molecule has 0 saturated carbocycles. The number of rotatable bonds is 6. The molecule has 2 aliphatic rings. The summed E-state index contributed by atoms with van der Waals surface area (Å²) in [4.78, 5) is 27.1. The van der Waals surface area contributed by atoms with Gasteiger partial charge in [0.1, 0.15) is 6.10 Å². The zero-order valence-corrected chi connectivity index (χ0v) is 18.9. The average Bonchev–Trinajstić information content (AvgIpc) is 2.70. The number of carbonyl (C=O) groups is 2. The van der Waals surface area contributed by atoms with Crippen LogP contribution >= 0.6 is 23.2 Å². The normalized spacial score (nSPS) is 26.5.